The molecule has 21 heavy (non-hydrogen) atoms. The minimum Gasteiger partial charge on any atom is -0.465 e. The summed E-state index contributed by atoms with van der Waals surface area (Å²) in [7, 11) is -3.10. The highest BCUT2D eigenvalue weighted by atomic mass is 32.2. The molecule has 0 aliphatic carbocycles. The smallest absolute Gasteiger partial charge is 0.318 e. The summed E-state index contributed by atoms with van der Waals surface area (Å²) in [6, 6.07) is 0. The highest BCUT2D eigenvalue weighted by Gasteiger charge is 2.42. The fourth-order valence-corrected chi connectivity index (χ4v) is 4.26. The lowest BCUT2D eigenvalue weighted by Gasteiger charge is -2.16. The van der Waals surface area contributed by atoms with Gasteiger partial charge in [0, 0.05) is 5.92 Å². The number of rotatable bonds is 5. The van der Waals surface area contributed by atoms with Gasteiger partial charge < -0.3 is 9.26 Å². The molecule has 0 amide bonds. The van der Waals surface area contributed by atoms with Crippen LogP contribution in [0.2, 0.25) is 0 Å². The van der Waals surface area contributed by atoms with Crippen molar-refractivity contribution in [2.24, 2.45) is 5.92 Å². The van der Waals surface area contributed by atoms with Gasteiger partial charge in [-0.1, -0.05) is 19.0 Å². The quantitative estimate of drug-likeness (QED) is 0.754. The number of aromatic nitrogens is 2. The van der Waals surface area contributed by atoms with Crippen LogP contribution >= 0.6 is 0 Å². The van der Waals surface area contributed by atoms with Crippen molar-refractivity contribution in [1.29, 1.82) is 0 Å². The second-order valence-corrected chi connectivity index (χ2v) is 7.77. The van der Waals surface area contributed by atoms with Crippen molar-refractivity contribution in [3.05, 3.63) is 11.7 Å². The Balaban J connectivity index is 2.29. The third-order valence-corrected chi connectivity index (χ3v) is 5.31. The third kappa shape index (κ3) is 3.61. The largest absolute Gasteiger partial charge is 0.465 e. The second-order valence-electron chi connectivity index (χ2n) is 5.54. The van der Waals surface area contributed by atoms with E-state index in [2.05, 4.69) is 10.1 Å². The Kier molecular flexibility index (Phi) is 4.65. The van der Waals surface area contributed by atoms with E-state index in [1.54, 1.807) is 6.92 Å². The zero-order chi connectivity index (χ0) is 15.6. The molecule has 2 atom stereocenters. The van der Waals surface area contributed by atoms with Crippen molar-refractivity contribution in [3.63, 3.8) is 0 Å². The van der Waals surface area contributed by atoms with E-state index in [4.69, 9.17) is 9.26 Å². The van der Waals surface area contributed by atoms with Gasteiger partial charge >= 0.3 is 5.97 Å². The van der Waals surface area contributed by atoms with Crippen molar-refractivity contribution in [3.8, 4) is 0 Å². The highest BCUT2D eigenvalue weighted by molar-refractivity contribution is 7.91. The molecule has 118 valence electrons. The van der Waals surface area contributed by atoms with Crippen molar-refractivity contribution in [2.75, 3.05) is 18.1 Å². The molecule has 0 saturated carbocycles. The summed E-state index contributed by atoms with van der Waals surface area (Å²) in [5.41, 5.74) is 0. The molecule has 0 radical (unpaired) electrons. The topological polar surface area (TPSA) is 99.4 Å². The van der Waals surface area contributed by atoms with Crippen LogP contribution in [-0.4, -0.2) is 42.6 Å². The monoisotopic (exact) mass is 316 g/mol. The highest BCUT2D eigenvalue weighted by Crippen LogP contribution is 2.34. The van der Waals surface area contributed by atoms with E-state index in [9.17, 15) is 13.2 Å². The lowest BCUT2D eigenvalue weighted by atomic mass is 9.91. The molecule has 1 aliphatic rings. The van der Waals surface area contributed by atoms with E-state index in [0.717, 1.165) is 0 Å². The Labute approximate surface area is 124 Å². The van der Waals surface area contributed by atoms with Crippen LogP contribution in [-0.2, 0) is 19.4 Å². The number of carbonyl (C=O) groups excluding carboxylic acids is 1. The van der Waals surface area contributed by atoms with Gasteiger partial charge in [0.1, 0.15) is 5.92 Å². The van der Waals surface area contributed by atoms with E-state index >= 15 is 0 Å². The molecule has 2 unspecified atom stereocenters. The molecule has 2 rings (SSSR count). The molecule has 1 fully saturated rings. The van der Waals surface area contributed by atoms with Crippen molar-refractivity contribution in [2.45, 2.75) is 39.0 Å². The molecule has 7 nitrogen and oxygen atoms in total. The predicted molar refractivity (Wildman–Crippen MR) is 74.5 cm³/mol. The molecule has 0 N–H and O–H groups in total. The number of hydrogen-bond acceptors (Lipinski definition) is 7. The normalized spacial score (nSPS) is 22.4. The minimum absolute atomic E-state index is 0.0458. The van der Waals surface area contributed by atoms with Gasteiger partial charge in [-0.05, 0) is 19.3 Å². The maximum Gasteiger partial charge on any atom is 0.318 e. The van der Waals surface area contributed by atoms with Crippen LogP contribution in [0.25, 0.3) is 0 Å². The van der Waals surface area contributed by atoms with Crippen LogP contribution < -0.4 is 0 Å². The van der Waals surface area contributed by atoms with Gasteiger partial charge in [-0.2, -0.15) is 4.98 Å². The van der Waals surface area contributed by atoms with Gasteiger partial charge in [0.25, 0.3) is 0 Å². The molecular weight excluding hydrogens is 296 g/mol. The lowest BCUT2D eigenvalue weighted by molar-refractivity contribution is -0.146. The first-order chi connectivity index (χ1) is 9.84. The summed E-state index contributed by atoms with van der Waals surface area (Å²) in [6.45, 7) is 5.75. The number of carbonyl (C=O) groups is 1. The fraction of sp³-hybridized carbons (Fsp3) is 0.769. The van der Waals surface area contributed by atoms with E-state index < -0.39 is 21.7 Å². The summed E-state index contributed by atoms with van der Waals surface area (Å²) < 4.78 is 33.5. The molecule has 1 aromatic heterocycles. The molecule has 1 aromatic rings. The Hall–Kier alpha value is -1.44. The van der Waals surface area contributed by atoms with E-state index in [1.807, 2.05) is 13.8 Å². The number of sulfone groups is 1. The first-order valence-electron chi connectivity index (χ1n) is 7.04. The van der Waals surface area contributed by atoms with Crippen molar-refractivity contribution in [1.82, 2.24) is 10.1 Å². The average Bonchev–Trinajstić information content (AvgIpc) is 2.98. The Morgan fingerprint density at radius 3 is 2.67 bits per heavy atom. The van der Waals surface area contributed by atoms with Gasteiger partial charge in [0.2, 0.25) is 5.89 Å². The van der Waals surface area contributed by atoms with Crippen molar-refractivity contribution >= 4 is 15.8 Å². The summed E-state index contributed by atoms with van der Waals surface area (Å²) in [5.74, 6) is -0.915. The summed E-state index contributed by atoms with van der Waals surface area (Å²) in [4.78, 5) is 16.4. The minimum atomic E-state index is -3.10. The van der Waals surface area contributed by atoms with Gasteiger partial charge in [-0.3, -0.25) is 4.79 Å². The van der Waals surface area contributed by atoms with Crippen LogP contribution in [0.5, 0.6) is 0 Å². The average molecular weight is 316 g/mol. The van der Waals surface area contributed by atoms with E-state index in [-0.39, 0.29) is 35.8 Å². The number of hydrogen-bond donors (Lipinski definition) is 0. The number of nitrogens with zero attached hydrogens (tertiary/aromatic N) is 2. The van der Waals surface area contributed by atoms with Gasteiger partial charge in [-0.25, -0.2) is 8.42 Å². The van der Waals surface area contributed by atoms with Crippen LogP contribution in [0.1, 0.15) is 50.7 Å². The summed E-state index contributed by atoms with van der Waals surface area (Å²) >= 11 is 0. The van der Waals surface area contributed by atoms with Gasteiger partial charge in [0.15, 0.2) is 15.7 Å². The zero-order valence-corrected chi connectivity index (χ0v) is 13.2. The standard InChI is InChI=1S/C13H20N2O5S/c1-4-19-13(16)10(9-5-6-21(17,18)7-9)12-14-11(8(2)3)15-20-12/h8-10H,4-7H2,1-3H3. The summed E-state index contributed by atoms with van der Waals surface area (Å²) in [6.07, 6.45) is 0.408. The second kappa shape index (κ2) is 6.13. The summed E-state index contributed by atoms with van der Waals surface area (Å²) in [5, 5.41) is 3.84. The Bertz CT molecular complexity index is 608. The lowest BCUT2D eigenvalue weighted by Crippen LogP contribution is -2.25. The van der Waals surface area contributed by atoms with Crippen LogP contribution in [0.3, 0.4) is 0 Å². The predicted octanol–water partition coefficient (Wildman–Crippen LogP) is 1.27. The SMILES string of the molecule is CCOC(=O)C(c1nc(C(C)C)no1)C1CCS(=O)(=O)C1. The maximum absolute atomic E-state index is 12.2. The zero-order valence-electron chi connectivity index (χ0n) is 12.4. The van der Waals surface area contributed by atoms with E-state index in [0.29, 0.717) is 12.2 Å². The maximum atomic E-state index is 12.2. The molecule has 2 heterocycles. The first kappa shape index (κ1) is 15.9. The van der Waals surface area contributed by atoms with Crippen LogP contribution in [0, 0.1) is 5.92 Å². The Morgan fingerprint density at radius 1 is 1.48 bits per heavy atom. The first-order valence-corrected chi connectivity index (χ1v) is 8.86. The van der Waals surface area contributed by atoms with Gasteiger partial charge in [-0.15, -0.1) is 0 Å². The fourth-order valence-electron chi connectivity index (χ4n) is 2.42. The molecule has 1 saturated heterocycles. The molecule has 0 bridgehead atoms. The molecule has 8 heteroatoms. The number of esters is 1. The van der Waals surface area contributed by atoms with E-state index in [1.165, 1.54) is 0 Å². The molecule has 1 aliphatic heterocycles. The number of ether oxygens (including phenoxy) is 1. The van der Waals surface area contributed by atoms with Crippen molar-refractivity contribution < 1.29 is 22.5 Å². The van der Waals surface area contributed by atoms with Crippen LogP contribution in [0.4, 0.5) is 0 Å². The molecule has 0 spiro atoms. The Morgan fingerprint density at radius 2 is 2.19 bits per heavy atom. The van der Waals surface area contributed by atoms with Gasteiger partial charge in [0.05, 0.1) is 18.1 Å². The molecular formula is C13H20N2O5S. The third-order valence-electron chi connectivity index (χ3n) is 3.52. The van der Waals surface area contributed by atoms with Crippen LogP contribution in [0.15, 0.2) is 4.52 Å². The molecule has 0 aromatic carbocycles.